The van der Waals surface area contributed by atoms with Crippen molar-refractivity contribution in [3.8, 4) is 11.5 Å². The van der Waals surface area contributed by atoms with Crippen LogP contribution >= 0.6 is 0 Å². The number of amides is 1. The molecule has 0 atom stereocenters. The van der Waals surface area contributed by atoms with Gasteiger partial charge < -0.3 is 14.6 Å². The van der Waals surface area contributed by atoms with Gasteiger partial charge in [0.1, 0.15) is 11.5 Å². The lowest BCUT2D eigenvalue weighted by Gasteiger charge is -2.17. The molecule has 3 aromatic carbocycles. The molecule has 33 heavy (non-hydrogen) atoms. The quantitative estimate of drug-likeness (QED) is 0.433. The minimum absolute atomic E-state index is 0.0746. The van der Waals surface area contributed by atoms with Crippen molar-refractivity contribution >= 4 is 11.6 Å². The smallest absolute Gasteiger partial charge is 0.251 e. The van der Waals surface area contributed by atoms with Crippen molar-refractivity contribution in [2.75, 3.05) is 18.0 Å². The van der Waals surface area contributed by atoms with Crippen LogP contribution in [0, 0.1) is 6.92 Å². The molecule has 1 amide bonds. The highest BCUT2D eigenvalue weighted by Gasteiger charge is 2.21. The Hall–Kier alpha value is -3.86. The van der Waals surface area contributed by atoms with Gasteiger partial charge in [-0.05, 0) is 61.2 Å². The van der Waals surface area contributed by atoms with Gasteiger partial charge in [0.05, 0.1) is 6.54 Å². The normalized spacial score (nSPS) is 12.6. The highest BCUT2D eigenvalue weighted by atomic mass is 16.4. The molecule has 2 heterocycles. The maximum Gasteiger partial charge on any atom is 0.251 e. The molecule has 0 saturated carbocycles. The molecular formula is C28H27N3O2. The van der Waals surface area contributed by atoms with Crippen LogP contribution < -0.4 is 10.2 Å². The largest absolute Gasteiger partial charge is 0.441 e. The van der Waals surface area contributed by atoms with Crippen molar-refractivity contribution in [2.24, 2.45) is 0 Å². The van der Waals surface area contributed by atoms with Gasteiger partial charge in [0, 0.05) is 29.9 Å². The maximum atomic E-state index is 12.5. The van der Waals surface area contributed by atoms with E-state index in [-0.39, 0.29) is 5.91 Å². The van der Waals surface area contributed by atoms with Gasteiger partial charge in [-0.1, -0.05) is 48.5 Å². The van der Waals surface area contributed by atoms with Crippen molar-refractivity contribution in [2.45, 2.75) is 26.3 Å². The van der Waals surface area contributed by atoms with Crippen LogP contribution in [0.15, 0.2) is 83.3 Å². The Labute approximate surface area is 194 Å². The minimum Gasteiger partial charge on any atom is -0.441 e. The summed E-state index contributed by atoms with van der Waals surface area (Å²) in [5.74, 6) is 1.34. The fraction of sp³-hybridized carbons (Fsp3) is 0.214. The molecular weight excluding hydrogens is 410 g/mol. The van der Waals surface area contributed by atoms with Crippen LogP contribution in [0.3, 0.4) is 0 Å². The zero-order valence-corrected chi connectivity index (χ0v) is 18.8. The van der Waals surface area contributed by atoms with E-state index in [0.717, 1.165) is 42.9 Å². The lowest BCUT2D eigenvalue weighted by Crippen LogP contribution is -2.25. The standard InChI is InChI=1S/C28H27N3O2/c1-20-25(19-31-18-16-22-9-5-6-10-26(22)31)30-28(33-20)24-13-11-23(12-14-24)27(32)29-17-15-21-7-3-2-4-8-21/h2-14H,15-19H2,1H3,(H,29,32). The topological polar surface area (TPSA) is 58.4 Å². The van der Waals surface area contributed by atoms with Crippen molar-refractivity contribution in [1.29, 1.82) is 0 Å². The van der Waals surface area contributed by atoms with Crippen LogP contribution in [0.5, 0.6) is 0 Å². The molecule has 5 heteroatoms. The molecule has 5 rings (SSSR count). The lowest BCUT2D eigenvalue weighted by atomic mass is 10.1. The van der Waals surface area contributed by atoms with E-state index in [4.69, 9.17) is 9.40 Å². The van der Waals surface area contributed by atoms with Crippen LogP contribution in [-0.4, -0.2) is 24.0 Å². The number of carbonyl (C=O) groups excluding carboxylic acids is 1. The molecule has 0 spiro atoms. The average molecular weight is 438 g/mol. The van der Waals surface area contributed by atoms with Crippen molar-refractivity contribution < 1.29 is 9.21 Å². The number of aryl methyl sites for hydroxylation is 1. The summed E-state index contributed by atoms with van der Waals surface area (Å²) in [6.07, 6.45) is 1.87. The highest BCUT2D eigenvalue weighted by Crippen LogP contribution is 2.30. The van der Waals surface area contributed by atoms with Gasteiger partial charge in [-0.25, -0.2) is 4.98 Å². The van der Waals surface area contributed by atoms with Gasteiger partial charge in [0.15, 0.2) is 0 Å². The van der Waals surface area contributed by atoms with E-state index >= 15 is 0 Å². The first-order chi connectivity index (χ1) is 16.2. The SMILES string of the molecule is Cc1oc(-c2ccc(C(=O)NCCc3ccccc3)cc2)nc1CN1CCc2ccccc21. The summed E-state index contributed by atoms with van der Waals surface area (Å²) in [6, 6.07) is 26.1. The number of nitrogens with one attached hydrogen (secondary N) is 1. The molecule has 1 aliphatic heterocycles. The second kappa shape index (κ2) is 9.33. The Balaban J connectivity index is 1.22. The number of carbonyl (C=O) groups is 1. The summed E-state index contributed by atoms with van der Waals surface area (Å²) >= 11 is 0. The second-order valence-corrected chi connectivity index (χ2v) is 8.39. The lowest BCUT2D eigenvalue weighted by molar-refractivity contribution is 0.0954. The third kappa shape index (κ3) is 4.67. The molecule has 4 aromatic rings. The van der Waals surface area contributed by atoms with Crippen LogP contribution in [0.25, 0.3) is 11.5 Å². The maximum absolute atomic E-state index is 12.5. The average Bonchev–Trinajstić information content (AvgIpc) is 3.43. The van der Waals surface area contributed by atoms with E-state index in [1.165, 1.54) is 16.8 Å². The number of hydrogen-bond donors (Lipinski definition) is 1. The zero-order valence-electron chi connectivity index (χ0n) is 18.8. The first kappa shape index (κ1) is 21.0. The van der Waals surface area contributed by atoms with Crippen molar-refractivity contribution in [3.63, 3.8) is 0 Å². The summed E-state index contributed by atoms with van der Waals surface area (Å²) in [6.45, 7) is 4.29. The molecule has 0 aliphatic carbocycles. The van der Waals surface area contributed by atoms with Crippen LogP contribution in [0.4, 0.5) is 5.69 Å². The molecule has 0 saturated heterocycles. The molecule has 5 nitrogen and oxygen atoms in total. The number of nitrogens with zero attached hydrogens (tertiary/aromatic N) is 2. The first-order valence-electron chi connectivity index (χ1n) is 11.4. The Morgan fingerprint density at radius 2 is 1.76 bits per heavy atom. The molecule has 0 fully saturated rings. The zero-order chi connectivity index (χ0) is 22.6. The Morgan fingerprint density at radius 3 is 2.58 bits per heavy atom. The second-order valence-electron chi connectivity index (χ2n) is 8.39. The van der Waals surface area contributed by atoms with Gasteiger partial charge >= 0.3 is 0 Å². The van der Waals surface area contributed by atoms with E-state index in [9.17, 15) is 4.79 Å². The molecule has 166 valence electrons. The third-order valence-electron chi connectivity index (χ3n) is 6.15. The summed E-state index contributed by atoms with van der Waals surface area (Å²) in [7, 11) is 0. The number of anilines is 1. The van der Waals surface area contributed by atoms with Gasteiger partial charge in [-0.15, -0.1) is 0 Å². The number of hydrogen-bond acceptors (Lipinski definition) is 4. The molecule has 1 aromatic heterocycles. The summed E-state index contributed by atoms with van der Waals surface area (Å²) in [4.78, 5) is 19.6. The molecule has 1 aliphatic rings. The third-order valence-corrected chi connectivity index (χ3v) is 6.15. The van der Waals surface area contributed by atoms with Crippen LogP contribution in [0.1, 0.15) is 32.9 Å². The first-order valence-corrected chi connectivity index (χ1v) is 11.4. The fourth-order valence-electron chi connectivity index (χ4n) is 4.28. The van der Waals surface area contributed by atoms with Gasteiger partial charge in [0.25, 0.3) is 5.91 Å². The minimum atomic E-state index is -0.0746. The van der Waals surface area contributed by atoms with Crippen molar-refractivity contribution in [1.82, 2.24) is 10.3 Å². The van der Waals surface area contributed by atoms with E-state index in [2.05, 4.69) is 46.6 Å². The summed E-state index contributed by atoms with van der Waals surface area (Å²) in [5, 5.41) is 2.98. The number of oxazole rings is 1. The van der Waals surface area contributed by atoms with E-state index < -0.39 is 0 Å². The Kier molecular flexibility index (Phi) is 5.94. The number of aromatic nitrogens is 1. The number of rotatable bonds is 7. The predicted octanol–water partition coefficient (Wildman–Crippen LogP) is 5.19. The van der Waals surface area contributed by atoms with Gasteiger partial charge in [0.2, 0.25) is 5.89 Å². The molecule has 0 bridgehead atoms. The number of fused-ring (bicyclic) bond motifs is 1. The van der Waals surface area contributed by atoms with Crippen molar-refractivity contribution in [3.05, 3.63) is 107 Å². The Bertz CT molecular complexity index is 1250. The van der Waals surface area contributed by atoms with E-state index in [0.29, 0.717) is 18.0 Å². The summed E-state index contributed by atoms with van der Waals surface area (Å²) in [5.41, 5.74) is 6.32. The molecule has 1 N–H and O–H groups in total. The predicted molar refractivity (Wildman–Crippen MR) is 130 cm³/mol. The monoisotopic (exact) mass is 437 g/mol. The van der Waals surface area contributed by atoms with Crippen LogP contribution in [-0.2, 0) is 19.4 Å². The fourth-order valence-corrected chi connectivity index (χ4v) is 4.28. The van der Waals surface area contributed by atoms with Gasteiger partial charge in [-0.3, -0.25) is 4.79 Å². The van der Waals surface area contributed by atoms with Gasteiger partial charge in [-0.2, -0.15) is 0 Å². The number of para-hydroxylation sites is 1. The Morgan fingerprint density at radius 1 is 1.00 bits per heavy atom. The molecule has 0 radical (unpaired) electrons. The number of benzene rings is 3. The highest BCUT2D eigenvalue weighted by molar-refractivity contribution is 5.94. The van der Waals surface area contributed by atoms with E-state index in [1.807, 2.05) is 49.4 Å². The molecule has 0 unspecified atom stereocenters. The van der Waals surface area contributed by atoms with E-state index in [1.54, 1.807) is 0 Å². The van der Waals surface area contributed by atoms with Crippen LogP contribution in [0.2, 0.25) is 0 Å². The summed E-state index contributed by atoms with van der Waals surface area (Å²) < 4.78 is 5.97.